The molecule has 0 saturated heterocycles. The highest BCUT2D eigenvalue weighted by molar-refractivity contribution is 5.97. The molecule has 0 aromatic heterocycles. The van der Waals surface area contributed by atoms with Crippen molar-refractivity contribution in [2.24, 2.45) is 5.92 Å². The summed E-state index contributed by atoms with van der Waals surface area (Å²) in [6.07, 6.45) is 2.34. The van der Waals surface area contributed by atoms with Crippen molar-refractivity contribution in [1.82, 2.24) is 5.32 Å². The van der Waals surface area contributed by atoms with E-state index in [9.17, 15) is 13.6 Å². The molecule has 20 heavy (non-hydrogen) atoms. The molecule has 1 saturated carbocycles. The largest absolute Gasteiger partial charge is 0.434 e. The van der Waals surface area contributed by atoms with Gasteiger partial charge in [0.1, 0.15) is 5.75 Å². The van der Waals surface area contributed by atoms with Crippen LogP contribution in [0.2, 0.25) is 0 Å². The van der Waals surface area contributed by atoms with Crippen molar-refractivity contribution in [3.63, 3.8) is 0 Å². The van der Waals surface area contributed by atoms with Gasteiger partial charge in [-0.1, -0.05) is 12.1 Å². The van der Waals surface area contributed by atoms with Gasteiger partial charge in [0.2, 0.25) is 0 Å². The lowest BCUT2D eigenvalue weighted by Gasteiger charge is -2.17. The van der Waals surface area contributed by atoms with Crippen molar-refractivity contribution >= 4 is 5.91 Å². The molecule has 2 atom stereocenters. The quantitative estimate of drug-likeness (QED) is 0.922. The number of alkyl halides is 2. The molecule has 1 fully saturated rings. The van der Waals surface area contributed by atoms with Crippen LogP contribution in [0.15, 0.2) is 24.3 Å². The van der Waals surface area contributed by atoms with E-state index in [2.05, 4.69) is 16.1 Å². The Labute approximate surface area is 115 Å². The molecule has 106 valence electrons. The molecule has 2 rings (SSSR count). The lowest BCUT2D eigenvalue weighted by Crippen LogP contribution is -2.37. The molecule has 1 aliphatic rings. The predicted molar refractivity (Wildman–Crippen MR) is 67.3 cm³/mol. The topological polar surface area (TPSA) is 62.1 Å². The van der Waals surface area contributed by atoms with E-state index in [-0.39, 0.29) is 23.3 Å². The number of rotatable bonds is 4. The summed E-state index contributed by atoms with van der Waals surface area (Å²) in [6.45, 7) is -2.98. The molecule has 2 unspecified atom stereocenters. The van der Waals surface area contributed by atoms with Gasteiger partial charge in [-0.3, -0.25) is 4.79 Å². The maximum Gasteiger partial charge on any atom is 0.387 e. The number of carbonyl (C=O) groups is 1. The average molecular weight is 280 g/mol. The van der Waals surface area contributed by atoms with Crippen molar-refractivity contribution in [2.45, 2.75) is 31.9 Å². The van der Waals surface area contributed by atoms with Gasteiger partial charge in [-0.25, -0.2) is 0 Å². The van der Waals surface area contributed by atoms with Crippen LogP contribution in [-0.4, -0.2) is 18.6 Å². The minimum atomic E-state index is -2.98. The summed E-state index contributed by atoms with van der Waals surface area (Å²) in [6, 6.07) is 7.75. The lowest BCUT2D eigenvalue weighted by atomic mass is 10.1. The summed E-state index contributed by atoms with van der Waals surface area (Å²) in [5.74, 6) is -0.873. The van der Waals surface area contributed by atoms with Gasteiger partial charge in [-0.2, -0.15) is 14.0 Å². The van der Waals surface area contributed by atoms with Crippen molar-refractivity contribution in [1.29, 1.82) is 5.26 Å². The van der Waals surface area contributed by atoms with Crippen molar-refractivity contribution < 1.29 is 18.3 Å². The van der Waals surface area contributed by atoms with Crippen LogP contribution < -0.4 is 10.1 Å². The fourth-order valence-corrected chi connectivity index (χ4v) is 2.39. The number of nitriles is 1. The first-order chi connectivity index (χ1) is 9.61. The third-order valence-electron chi connectivity index (χ3n) is 3.35. The maximum absolute atomic E-state index is 12.3. The van der Waals surface area contributed by atoms with E-state index < -0.39 is 12.5 Å². The second kappa shape index (κ2) is 6.33. The molecule has 6 heteroatoms. The van der Waals surface area contributed by atoms with Gasteiger partial charge in [-0.15, -0.1) is 0 Å². The fraction of sp³-hybridized carbons (Fsp3) is 0.429. The zero-order chi connectivity index (χ0) is 14.5. The van der Waals surface area contributed by atoms with Crippen LogP contribution in [0.5, 0.6) is 5.75 Å². The molecule has 0 bridgehead atoms. The van der Waals surface area contributed by atoms with E-state index in [1.807, 2.05) is 0 Å². The van der Waals surface area contributed by atoms with E-state index in [1.54, 1.807) is 6.07 Å². The van der Waals surface area contributed by atoms with E-state index >= 15 is 0 Å². The summed E-state index contributed by atoms with van der Waals surface area (Å²) in [4.78, 5) is 12.1. The van der Waals surface area contributed by atoms with Crippen molar-refractivity contribution in [3.8, 4) is 11.8 Å². The maximum atomic E-state index is 12.3. The van der Waals surface area contributed by atoms with E-state index in [0.29, 0.717) is 0 Å². The Morgan fingerprint density at radius 1 is 1.40 bits per heavy atom. The first-order valence-electron chi connectivity index (χ1n) is 6.36. The second-order valence-corrected chi connectivity index (χ2v) is 4.62. The minimum absolute atomic E-state index is 0.0522. The van der Waals surface area contributed by atoms with Gasteiger partial charge in [0.05, 0.1) is 17.6 Å². The Hall–Kier alpha value is -2.16. The van der Waals surface area contributed by atoms with Crippen molar-refractivity contribution in [2.75, 3.05) is 0 Å². The predicted octanol–water partition coefficient (Wildman–Crippen LogP) is 2.71. The van der Waals surface area contributed by atoms with Crippen LogP contribution in [-0.2, 0) is 0 Å². The monoisotopic (exact) mass is 280 g/mol. The third kappa shape index (κ3) is 3.23. The zero-order valence-electron chi connectivity index (χ0n) is 10.7. The van der Waals surface area contributed by atoms with Crippen molar-refractivity contribution in [3.05, 3.63) is 29.8 Å². The molecule has 4 nitrogen and oxygen atoms in total. The summed E-state index contributed by atoms with van der Waals surface area (Å²) in [5.41, 5.74) is 0.0522. The number of halogens is 2. The Bertz CT molecular complexity index is 528. The van der Waals surface area contributed by atoms with E-state index in [1.165, 1.54) is 18.2 Å². The minimum Gasteiger partial charge on any atom is -0.434 e. The van der Waals surface area contributed by atoms with Gasteiger partial charge >= 0.3 is 6.61 Å². The van der Waals surface area contributed by atoms with Crippen LogP contribution >= 0.6 is 0 Å². The molecule has 1 aromatic carbocycles. The normalized spacial score (nSPS) is 21.5. The van der Waals surface area contributed by atoms with Crippen LogP contribution in [0.1, 0.15) is 29.6 Å². The molecule has 1 N–H and O–H groups in total. The molecular weight excluding hydrogens is 266 g/mol. The van der Waals surface area contributed by atoms with E-state index in [0.717, 1.165) is 19.3 Å². The molecule has 1 aromatic rings. The number of nitrogens with one attached hydrogen (secondary N) is 1. The Kier molecular flexibility index (Phi) is 4.51. The molecule has 0 spiro atoms. The highest BCUT2D eigenvalue weighted by Crippen LogP contribution is 2.26. The van der Waals surface area contributed by atoms with Gasteiger partial charge in [0.15, 0.2) is 0 Å². The molecule has 1 amide bonds. The first kappa shape index (κ1) is 14.3. The average Bonchev–Trinajstić information content (AvgIpc) is 2.85. The number of nitrogens with zero attached hydrogens (tertiary/aromatic N) is 1. The first-order valence-corrected chi connectivity index (χ1v) is 6.36. The number of carbonyl (C=O) groups excluding carboxylic acids is 1. The fourth-order valence-electron chi connectivity index (χ4n) is 2.39. The number of hydrogen-bond acceptors (Lipinski definition) is 3. The summed E-state index contributed by atoms with van der Waals surface area (Å²) in [5, 5.41) is 11.7. The van der Waals surface area contributed by atoms with Crippen LogP contribution in [0.3, 0.4) is 0 Å². The van der Waals surface area contributed by atoms with Gasteiger partial charge in [0, 0.05) is 6.04 Å². The highest BCUT2D eigenvalue weighted by Gasteiger charge is 2.29. The highest BCUT2D eigenvalue weighted by atomic mass is 19.3. The number of para-hydroxylation sites is 1. The summed E-state index contributed by atoms with van der Waals surface area (Å²) in [7, 11) is 0. The molecule has 1 aliphatic carbocycles. The van der Waals surface area contributed by atoms with Crippen LogP contribution in [0.25, 0.3) is 0 Å². The summed E-state index contributed by atoms with van der Waals surface area (Å²) >= 11 is 0. The SMILES string of the molecule is N#CC1CCCC1NC(=O)c1ccccc1OC(F)F. The van der Waals surface area contributed by atoms with Gasteiger partial charge < -0.3 is 10.1 Å². The third-order valence-corrected chi connectivity index (χ3v) is 3.35. The number of amides is 1. The van der Waals surface area contributed by atoms with E-state index in [4.69, 9.17) is 5.26 Å². The summed E-state index contributed by atoms with van der Waals surface area (Å²) < 4.78 is 28.9. The van der Waals surface area contributed by atoms with Crippen LogP contribution in [0.4, 0.5) is 8.78 Å². The molecule has 0 heterocycles. The molecular formula is C14H14F2N2O2. The standard InChI is InChI=1S/C14H14F2N2O2/c15-14(16)20-12-7-2-1-5-10(12)13(19)18-11-6-3-4-9(11)8-17/h1-2,5,7,9,11,14H,3-4,6H2,(H,18,19). The molecule has 0 aliphatic heterocycles. The Balaban J connectivity index is 2.11. The number of hydrogen-bond donors (Lipinski definition) is 1. The zero-order valence-corrected chi connectivity index (χ0v) is 10.7. The Morgan fingerprint density at radius 2 is 2.15 bits per heavy atom. The smallest absolute Gasteiger partial charge is 0.387 e. The lowest BCUT2D eigenvalue weighted by molar-refractivity contribution is -0.0501. The number of benzene rings is 1. The van der Waals surface area contributed by atoms with Gasteiger partial charge in [-0.05, 0) is 31.4 Å². The van der Waals surface area contributed by atoms with Gasteiger partial charge in [0.25, 0.3) is 5.91 Å². The number of ether oxygens (including phenoxy) is 1. The second-order valence-electron chi connectivity index (χ2n) is 4.62. The Morgan fingerprint density at radius 3 is 2.85 bits per heavy atom. The van der Waals surface area contributed by atoms with Crippen LogP contribution in [0, 0.1) is 17.2 Å². The molecule has 0 radical (unpaired) electrons.